The van der Waals surface area contributed by atoms with Crippen LogP contribution in [0, 0.1) is 6.92 Å². The van der Waals surface area contributed by atoms with E-state index < -0.39 is 0 Å². The molecule has 120 valence electrons. The standard InChI is InChI=1S/C17H20N4O2/c1-12-8-14(16(23-3)15(9-12)22-2)17-19-5-7-21(17)6-4-13-10-18-11-20-13/h5,7-11H,4,6H2,1-3H3,(H,18,20). The Bertz CT molecular complexity index is 778. The summed E-state index contributed by atoms with van der Waals surface area (Å²) >= 11 is 0. The van der Waals surface area contributed by atoms with Gasteiger partial charge in [0, 0.05) is 37.3 Å². The monoisotopic (exact) mass is 312 g/mol. The lowest BCUT2D eigenvalue weighted by atomic mass is 10.1. The molecule has 0 unspecified atom stereocenters. The van der Waals surface area contributed by atoms with Gasteiger partial charge in [0.1, 0.15) is 5.82 Å². The second-order valence-electron chi connectivity index (χ2n) is 5.32. The van der Waals surface area contributed by atoms with Crippen molar-refractivity contribution in [2.24, 2.45) is 0 Å². The summed E-state index contributed by atoms with van der Waals surface area (Å²) in [6.07, 6.45) is 8.16. The third-order valence-electron chi connectivity index (χ3n) is 3.76. The summed E-state index contributed by atoms with van der Waals surface area (Å²) in [5.41, 5.74) is 3.12. The third-order valence-corrected chi connectivity index (χ3v) is 3.76. The molecule has 0 saturated carbocycles. The smallest absolute Gasteiger partial charge is 0.171 e. The van der Waals surface area contributed by atoms with Crippen molar-refractivity contribution in [3.05, 3.63) is 48.3 Å². The van der Waals surface area contributed by atoms with Crippen LogP contribution in [0.5, 0.6) is 11.5 Å². The van der Waals surface area contributed by atoms with Gasteiger partial charge in [0.15, 0.2) is 11.5 Å². The Morgan fingerprint density at radius 2 is 2.09 bits per heavy atom. The van der Waals surface area contributed by atoms with Gasteiger partial charge in [-0.1, -0.05) is 0 Å². The zero-order chi connectivity index (χ0) is 16.2. The van der Waals surface area contributed by atoms with Crippen molar-refractivity contribution in [3.63, 3.8) is 0 Å². The van der Waals surface area contributed by atoms with Crippen molar-refractivity contribution in [3.8, 4) is 22.9 Å². The number of methoxy groups -OCH3 is 2. The van der Waals surface area contributed by atoms with Crippen LogP contribution in [0.2, 0.25) is 0 Å². The van der Waals surface area contributed by atoms with Crippen molar-refractivity contribution in [1.82, 2.24) is 19.5 Å². The molecule has 0 spiro atoms. The minimum atomic E-state index is 0.701. The Morgan fingerprint density at radius 1 is 1.22 bits per heavy atom. The van der Waals surface area contributed by atoms with Gasteiger partial charge in [-0.2, -0.15) is 0 Å². The zero-order valence-corrected chi connectivity index (χ0v) is 13.5. The predicted octanol–water partition coefficient (Wildman–Crippen LogP) is 2.84. The maximum absolute atomic E-state index is 5.56. The van der Waals surface area contributed by atoms with E-state index in [-0.39, 0.29) is 0 Å². The van der Waals surface area contributed by atoms with Crippen LogP contribution in [-0.4, -0.2) is 33.7 Å². The maximum atomic E-state index is 5.56. The Morgan fingerprint density at radius 3 is 2.78 bits per heavy atom. The van der Waals surface area contributed by atoms with E-state index >= 15 is 0 Å². The summed E-state index contributed by atoms with van der Waals surface area (Å²) in [6, 6.07) is 4.02. The quantitative estimate of drug-likeness (QED) is 0.760. The zero-order valence-electron chi connectivity index (χ0n) is 13.5. The van der Waals surface area contributed by atoms with E-state index in [1.54, 1.807) is 26.7 Å². The number of rotatable bonds is 6. The molecule has 6 heteroatoms. The SMILES string of the molecule is COc1cc(C)cc(-c2nccn2CCc2cnc[nH]2)c1OC. The van der Waals surface area contributed by atoms with Crippen molar-refractivity contribution >= 4 is 0 Å². The number of H-pyrrole nitrogens is 1. The molecule has 23 heavy (non-hydrogen) atoms. The topological polar surface area (TPSA) is 65.0 Å². The summed E-state index contributed by atoms with van der Waals surface area (Å²) in [4.78, 5) is 11.7. The van der Waals surface area contributed by atoms with Gasteiger partial charge >= 0.3 is 0 Å². The lowest BCUT2D eigenvalue weighted by Crippen LogP contribution is -2.04. The highest BCUT2D eigenvalue weighted by Gasteiger charge is 2.17. The van der Waals surface area contributed by atoms with Crippen LogP contribution in [0.3, 0.4) is 0 Å². The number of aromatic amines is 1. The first-order chi connectivity index (χ1) is 11.2. The van der Waals surface area contributed by atoms with E-state index in [1.165, 1.54) is 0 Å². The van der Waals surface area contributed by atoms with E-state index in [0.717, 1.165) is 35.6 Å². The van der Waals surface area contributed by atoms with E-state index in [0.29, 0.717) is 11.5 Å². The molecule has 0 aliphatic rings. The summed E-state index contributed by atoms with van der Waals surface area (Å²) in [5, 5.41) is 0. The molecule has 0 aliphatic carbocycles. The van der Waals surface area contributed by atoms with Crippen molar-refractivity contribution in [2.75, 3.05) is 14.2 Å². The minimum absolute atomic E-state index is 0.701. The average Bonchev–Trinajstić information content (AvgIpc) is 3.23. The predicted molar refractivity (Wildman–Crippen MR) is 87.8 cm³/mol. The lowest BCUT2D eigenvalue weighted by Gasteiger charge is -2.15. The van der Waals surface area contributed by atoms with Crippen molar-refractivity contribution in [2.45, 2.75) is 19.9 Å². The molecule has 0 saturated heterocycles. The largest absolute Gasteiger partial charge is 0.493 e. The Kier molecular flexibility index (Phi) is 4.32. The number of benzene rings is 1. The van der Waals surface area contributed by atoms with E-state index in [2.05, 4.69) is 25.6 Å². The summed E-state index contributed by atoms with van der Waals surface area (Å²) in [5.74, 6) is 2.28. The molecule has 1 aromatic carbocycles. The van der Waals surface area contributed by atoms with Gasteiger partial charge < -0.3 is 19.0 Å². The second kappa shape index (κ2) is 6.56. The van der Waals surface area contributed by atoms with E-state index in [9.17, 15) is 0 Å². The van der Waals surface area contributed by atoms with E-state index in [1.807, 2.05) is 25.4 Å². The number of hydrogen-bond acceptors (Lipinski definition) is 4. The highest BCUT2D eigenvalue weighted by atomic mass is 16.5. The molecule has 6 nitrogen and oxygen atoms in total. The second-order valence-corrected chi connectivity index (χ2v) is 5.32. The molecule has 3 aromatic rings. The highest BCUT2D eigenvalue weighted by molar-refractivity contribution is 5.70. The van der Waals surface area contributed by atoms with Gasteiger partial charge in [-0.3, -0.25) is 0 Å². The lowest BCUT2D eigenvalue weighted by molar-refractivity contribution is 0.355. The van der Waals surface area contributed by atoms with Crippen LogP contribution in [-0.2, 0) is 13.0 Å². The van der Waals surface area contributed by atoms with Gasteiger partial charge in [0.2, 0.25) is 0 Å². The highest BCUT2D eigenvalue weighted by Crippen LogP contribution is 2.38. The number of hydrogen-bond donors (Lipinski definition) is 1. The van der Waals surface area contributed by atoms with Gasteiger partial charge in [0.05, 0.1) is 26.1 Å². The van der Waals surface area contributed by atoms with Crippen LogP contribution in [0.25, 0.3) is 11.4 Å². The number of imidazole rings is 2. The fourth-order valence-electron chi connectivity index (χ4n) is 2.66. The van der Waals surface area contributed by atoms with Crippen LogP contribution >= 0.6 is 0 Å². The molecule has 0 amide bonds. The number of ether oxygens (including phenoxy) is 2. The fraction of sp³-hybridized carbons (Fsp3) is 0.294. The normalized spacial score (nSPS) is 10.7. The van der Waals surface area contributed by atoms with Crippen LogP contribution in [0.1, 0.15) is 11.3 Å². The first kappa shape index (κ1) is 15.1. The molecule has 0 bridgehead atoms. The molecule has 0 atom stereocenters. The van der Waals surface area contributed by atoms with Crippen molar-refractivity contribution < 1.29 is 9.47 Å². The first-order valence-corrected chi connectivity index (χ1v) is 7.44. The van der Waals surface area contributed by atoms with Gasteiger partial charge in [-0.05, 0) is 24.6 Å². The molecular formula is C17H20N4O2. The summed E-state index contributed by atoms with van der Waals surface area (Å²) in [6.45, 7) is 2.83. The fourth-order valence-corrected chi connectivity index (χ4v) is 2.66. The third kappa shape index (κ3) is 3.06. The van der Waals surface area contributed by atoms with Crippen LogP contribution < -0.4 is 9.47 Å². The minimum Gasteiger partial charge on any atom is -0.493 e. The maximum Gasteiger partial charge on any atom is 0.171 e. The Labute approximate surface area is 135 Å². The van der Waals surface area contributed by atoms with Crippen LogP contribution in [0.4, 0.5) is 0 Å². The van der Waals surface area contributed by atoms with Gasteiger partial charge in [0.25, 0.3) is 0 Å². The molecule has 2 aromatic heterocycles. The average molecular weight is 312 g/mol. The number of aromatic nitrogens is 4. The van der Waals surface area contributed by atoms with Crippen molar-refractivity contribution in [1.29, 1.82) is 0 Å². The number of nitrogens with one attached hydrogen (secondary N) is 1. The van der Waals surface area contributed by atoms with Crippen LogP contribution in [0.15, 0.2) is 37.1 Å². The Hall–Kier alpha value is -2.76. The van der Waals surface area contributed by atoms with Gasteiger partial charge in [-0.15, -0.1) is 0 Å². The molecule has 2 heterocycles. The molecule has 1 N–H and O–H groups in total. The summed E-state index contributed by atoms with van der Waals surface area (Å²) < 4.78 is 13.1. The molecule has 3 rings (SSSR count). The number of nitrogens with zero attached hydrogens (tertiary/aromatic N) is 3. The van der Waals surface area contributed by atoms with Gasteiger partial charge in [-0.25, -0.2) is 9.97 Å². The molecule has 0 fully saturated rings. The Balaban J connectivity index is 1.96. The number of aryl methyl sites for hydroxylation is 3. The van der Waals surface area contributed by atoms with E-state index in [4.69, 9.17) is 9.47 Å². The molecular weight excluding hydrogens is 292 g/mol. The summed E-state index contributed by atoms with van der Waals surface area (Å²) in [7, 11) is 3.29. The first-order valence-electron chi connectivity index (χ1n) is 7.44. The molecule has 0 aliphatic heterocycles. The molecule has 0 radical (unpaired) electrons.